The van der Waals surface area contributed by atoms with Gasteiger partial charge in [-0.05, 0) is 36.5 Å². The number of carbonyl (C=O) groups excluding carboxylic acids is 2. The predicted molar refractivity (Wildman–Crippen MR) is 101 cm³/mol. The summed E-state index contributed by atoms with van der Waals surface area (Å²) < 4.78 is 16.4. The van der Waals surface area contributed by atoms with Gasteiger partial charge in [-0.1, -0.05) is 20.4 Å². The number of rotatable bonds is 6. The molecule has 2 atom stereocenters. The van der Waals surface area contributed by atoms with E-state index in [0.29, 0.717) is 36.5 Å². The van der Waals surface area contributed by atoms with Crippen molar-refractivity contribution in [1.29, 1.82) is 0 Å². The summed E-state index contributed by atoms with van der Waals surface area (Å²) in [5.41, 5.74) is -0.122. The number of ketones is 1. The lowest BCUT2D eigenvalue weighted by Crippen LogP contribution is -2.44. The molecule has 1 aromatic carbocycles. The molecule has 0 N–H and O–H groups in total. The van der Waals surface area contributed by atoms with E-state index in [1.165, 1.54) is 0 Å². The molecular formula is C21H27NO5. The first-order valence-electron chi connectivity index (χ1n) is 9.23. The van der Waals surface area contributed by atoms with Gasteiger partial charge in [0, 0.05) is 11.6 Å². The van der Waals surface area contributed by atoms with Crippen LogP contribution in [0.4, 0.5) is 0 Å². The van der Waals surface area contributed by atoms with E-state index in [0.717, 1.165) is 5.56 Å². The molecule has 2 aliphatic heterocycles. The van der Waals surface area contributed by atoms with E-state index in [4.69, 9.17) is 14.2 Å². The predicted octanol–water partition coefficient (Wildman–Crippen LogP) is 2.75. The van der Waals surface area contributed by atoms with Crippen LogP contribution in [0.5, 0.6) is 11.5 Å². The number of benzene rings is 1. The lowest BCUT2D eigenvalue weighted by molar-refractivity contribution is -0.147. The molecular weight excluding hydrogens is 346 g/mol. The quantitative estimate of drug-likeness (QED) is 0.567. The minimum Gasteiger partial charge on any atom is -0.497 e. The second kappa shape index (κ2) is 7.35. The molecule has 0 aromatic heterocycles. The van der Waals surface area contributed by atoms with Gasteiger partial charge in [0.2, 0.25) is 11.4 Å². The monoisotopic (exact) mass is 373 g/mol. The lowest BCUT2D eigenvalue weighted by atomic mass is 9.88. The van der Waals surface area contributed by atoms with Crippen molar-refractivity contribution in [2.75, 3.05) is 20.8 Å². The third kappa shape index (κ3) is 3.12. The minimum atomic E-state index is -1.50. The maximum Gasteiger partial charge on any atom is 0.267 e. The first kappa shape index (κ1) is 19.4. The summed E-state index contributed by atoms with van der Waals surface area (Å²) >= 11 is 0. The van der Waals surface area contributed by atoms with Crippen molar-refractivity contribution in [2.45, 2.75) is 44.9 Å². The first-order valence-corrected chi connectivity index (χ1v) is 9.23. The summed E-state index contributed by atoms with van der Waals surface area (Å²) in [6.07, 6.45) is 1.12. The van der Waals surface area contributed by atoms with Crippen molar-refractivity contribution in [1.82, 2.24) is 4.90 Å². The Balaban J connectivity index is 1.98. The van der Waals surface area contributed by atoms with E-state index in [1.54, 1.807) is 25.2 Å². The molecule has 0 radical (unpaired) electrons. The minimum absolute atomic E-state index is 0.184. The van der Waals surface area contributed by atoms with E-state index in [-0.39, 0.29) is 24.2 Å². The van der Waals surface area contributed by atoms with Crippen LogP contribution in [0.3, 0.4) is 0 Å². The number of hydrogen-bond donors (Lipinski definition) is 0. The summed E-state index contributed by atoms with van der Waals surface area (Å²) in [5.74, 6) is 1.05. The van der Waals surface area contributed by atoms with E-state index >= 15 is 0 Å². The summed E-state index contributed by atoms with van der Waals surface area (Å²) in [7, 11) is 3.16. The number of carbonyl (C=O) groups is 2. The van der Waals surface area contributed by atoms with Crippen LogP contribution in [0.1, 0.15) is 32.3 Å². The molecule has 146 valence electrons. The van der Waals surface area contributed by atoms with Gasteiger partial charge >= 0.3 is 0 Å². The molecule has 2 fully saturated rings. The van der Waals surface area contributed by atoms with Crippen LogP contribution in [0.25, 0.3) is 0 Å². The van der Waals surface area contributed by atoms with Gasteiger partial charge in [-0.2, -0.15) is 0 Å². The number of ether oxygens (including phenoxy) is 3. The first-order chi connectivity index (χ1) is 12.8. The van der Waals surface area contributed by atoms with Crippen LogP contribution in [0.2, 0.25) is 0 Å². The van der Waals surface area contributed by atoms with Crippen LogP contribution in [0.15, 0.2) is 30.4 Å². The third-order valence-electron chi connectivity index (χ3n) is 5.34. The van der Waals surface area contributed by atoms with Gasteiger partial charge in [0.05, 0.1) is 33.4 Å². The second-order valence-corrected chi connectivity index (χ2v) is 7.50. The fraction of sp³-hybridized carbons (Fsp3) is 0.524. The summed E-state index contributed by atoms with van der Waals surface area (Å²) in [6.45, 7) is 8.67. The molecule has 0 saturated carbocycles. The zero-order chi connectivity index (χ0) is 19.8. The molecule has 0 unspecified atom stereocenters. The van der Waals surface area contributed by atoms with Crippen LogP contribution in [-0.4, -0.2) is 49.1 Å². The molecule has 6 nitrogen and oxygen atoms in total. The van der Waals surface area contributed by atoms with Gasteiger partial charge in [-0.3, -0.25) is 9.59 Å². The van der Waals surface area contributed by atoms with E-state index in [1.807, 2.05) is 26.0 Å². The van der Waals surface area contributed by atoms with Crippen molar-refractivity contribution in [3.63, 3.8) is 0 Å². The Morgan fingerprint density at radius 2 is 2.04 bits per heavy atom. The molecule has 0 bridgehead atoms. The molecule has 0 aliphatic carbocycles. The van der Waals surface area contributed by atoms with Crippen molar-refractivity contribution in [3.8, 4) is 11.5 Å². The lowest BCUT2D eigenvalue weighted by Gasteiger charge is -2.25. The number of amides is 1. The fourth-order valence-electron chi connectivity index (χ4n) is 3.92. The average molecular weight is 373 g/mol. The number of methoxy groups -OCH3 is 2. The van der Waals surface area contributed by atoms with E-state index in [2.05, 4.69) is 6.58 Å². The standard InChI is InChI=1S/C21H27NO5/c1-13(2)10-17-19(23)21(14(3)8-9-27-21)20(24)22(17)12-15-6-7-16(25-4)11-18(15)26-5/h6-7,11,13,17H,3,8-10,12H2,1-2,4-5H3/t17-,21+/m1/s1. The smallest absolute Gasteiger partial charge is 0.267 e. The Morgan fingerprint density at radius 3 is 2.59 bits per heavy atom. The van der Waals surface area contributed by atoms with Crippen LogP contribution >= 0.6 is 0 Å². The highest BCUT2D eigenvalue weighted by molar-refractivity contribution is 6.20. The van der Waals surface area contributed by atoms with Crippen molar-refractivity contribution in [3.05, 3.63) is 35.9 Å². The zero-order valence-corrected chi connectivity index (χ0v) is 16.4. The molecule has 3 rings (SSSR count). The Bertz CT molecular complexity index is 772. The molecule has 2 saturated heterocycles. The van der Waals surface area contributed by atoms with Crippen LogP contribution in [0, 0.1) is 5.92 Å². The van der Waals surface area contributed by atoms with Crippen molar-refractivity contribution >= 4 is 11.7 Å². The molecule has 27 heavy (non-hydrogen) atoms. The molecule has 2 aliphatic rings. The van der Waals surface area contributed by atoms with Gasteiger partial charge in [-0.25, -0.2) is 0 Å². The largest absolute Gasteiger partial charge is 0.497 e. The number of nitrogens with zero attached hydrogens (tertiary/aromatic N) is 1. The third-order valence-corrected chi connectivity index (χ3v) is 5.34. The fourth-order valence-corrected chi connectivity index (χ4v) is 3.92. The number of likely N-dealkylation sites (tertiary alicyclic amines) is 1. The molecule has 1 aromatic rings. The Hall–Kier alpha value is -2.34. The highest BCUT2D eigenvalue weighted by atomic mass is 16.5. The maximum atomic E-state index is 13.3. The van der Waals surface area contributed by atoms with Crippen LogP contribution in [-0.2, 0) is 20.9 Å². The summed E-state index contributed by atoms with van der Waals surface area (Å²) in [5, 5.41) is 0. The summed E-state index contributed by atoms with van der Waals surface area (Å²) in [4.78, 5) is 28.2. The molecule has 1 amide bonds. The second-order valence-electron chi connectivity index (χ2n) is 7.50. The van der Waals surface area contributed by atoms with Crippen molar-refractivity contribution in [2.24, 2.45) is 5.92 Å². The zero-order valence-electron chi connectivity index (χ0n) is 16.4. The molecule has 2 heterocycles. The van der Waals surface area contributed by atoms with Gasteiger partial charge in [-0.15, -0.1) is 0 Å². The topological polar surface area (TPSA) is 65.1 Å². The highest BCUT2D eigenvalue weighted by Gasteiger charge is 2.63. The average Bonchev–Trinajstić information content (AvgIpc) is 3.12. The maximum absolute atomic E-state index is 13.3. The van der Waals surface area contributed by atoms with Gasteiger partial charge < -0.3 is 19.1 Å². The van der Waals surface area contributed by atoms with Crippen molar-refractivity contribution < 1.29 is 23.8 Å². The normalized spacial score (nSPS) is 25.1. The van der Waals surface area contributed by atoms with Gasteiger partial charge in [0.25, 0.3) is 5.91 Å². The highest BCUT2D eigenvalue weighted by Crippen LogP contribution is 2.42. The Labute approximate surface area is 160 Å². The van der Waals surface area contributed by atoms with E-state index < -0.39 is 11.6 Å². The summed E-state index contributed by atoms with van der Waals surface area (Å²) in [6, 6.07) is 4.92. The molecule has 1 spiro atoms. The van der Waals surface area contributed by atoms with Gasteiger partial charge in [0.15, 0.2) is 0 Å². The van der Waals surface area contributed by atoms with E-state index in [9.17, 15) is 9.59 Å². The van der Waals surface area contributed by atoms with Crippen LogP contribution < -0.4 is 9.47 Å². The van der Waals surface area contributed by atoms with Gasteiger partial charge in [0.1, 0.15) is 11.5 Å². The Morgan fingerprint density at radius 1 is 1.30 bits per heavy atom. The SMILES string of the molecule is C=C1CCO[C@]12C(=O)[C@@H](CC(C)C)N(Cc1ccc(OC)cc1OC)C2=O. The molecule has 6 heteroatoms. The number of hydrogen-bond acceptors (Lipinski definition) is 5. The number of Topliss-reactive ketones (excluding diaryl/α,β-unsaturated/α-hetero) is 1. The Kier molecular flexibility index (Phi) is 5.29.